The van der Waals surface area contributed by atoms with E-state index in [2.05, 4.69) is 10.3 Å². The van der Waals surface area contributed by atoms with E-state index < -0.39 is 9.84 Å². The first-order valence-corrected chi connectivity index (χ1v) is 11.5. The summed E-state index contributed by atoms with van der Waals surface area (Å²) in [6, 6.07) is 11.1. The molecular weight excluding hydrogens is 420 g/mol. The molecule has 31 heavy (non-hydrogen) atoms. The molecule has 0 unspecified atom stereocenters. The number of hydrogen-bond donors (Lipinski definition) is 1. The van der Waals surface area contributed by atoms with E-state index in [0.29, 0.717) is 41.7 Å². The lowest BCUT2D eigenvalue weighted by atomic mass is 10.2. The van der Waals surface area contributed by atoms with Gasteiger partial charge in [0.05, 0.1) is 11.5 Å². The fourth-order valence-corrected chi connectivity index (χ4v) is 3.51. The highest BCUT2D eigenvalue weighted by atomic mass is 32.2. The van der Waals surface area contributed by atoms with E-state index in [0.717, 1.165) is 6.26 Å². The number of amides is 1. The predicted octanol–water partition coefficient (Wildman–Crippen LogP) is 3.59. The zero-order valence-electron chi connectivity index (χ0n) is 17.5. The Morgan fingerprint density at radius 3 is 2.45 bits per heavy atom. The second kappa shape index (κ2) is 9.76. The highest BCUT2D eigenvalue weighted by Crippen LogP contribution is 2.31. The molecule has 2 aromatic carbocycles. The van der Waals surface area contributed by atoms with Gasteiger partial charge in [0, 0.05) is 49.9 Å². The number of aliphatic imine (C=N–C) groups is 1. The zero-order chi connectivity index (χ0) is 22.4. The summed E-state index contributed by atoms with van der Waals surface area (Å²) in [5, 5.41) is 2.79. The van der Waals surface area contributed by atoms with Crippen molar-refractivity contribution in [3.8, 4) is 17.2 Å². The topological polar surface area (TPSA) is 103 Å². The van der Waals surface area contributed by atoms with Gasteiger partial charge in [0.2, 0.25) is 0 Å². The maximum absolute atomic E-state index is 12.4. The third kappa shape index (κ3) is 6.40. The van der Waals surface area contributed by atoms with E-state index in [4.69, 9.17) is 14.2 Å². The Bertz CT molecular complexity index is 1110. The third-order valence-corrected chi connectivity index (χ3v) is 5.37. The summed E-state index contributed by atoms with van der Waals surface area (Å²) in [6.45, 7) is 2.25. The third-order valence-electron chi connectivity index (χ3n) is 4.24. The van der Waals surface area contributed by atoms with E-state index in [9.17, 15) is 13.2 Å². The number of anilines is 1. The smallest absolute Gasteiger partial charge is 0.273 e. The van der Waals surface area contributed by atoms with E-state index >= 15 is 0 Å². The van der Waals surface area contributed by atoms with Crippen LogP contribution < -0.4 is 14.8 Å². The second-order valence-corrected chi connectivity index (χ2v) is 9.03. The molecule has 1 amide bonds. The van der Waals surface area contributed by atoms with Crippen LogP contribution in [0.3, 0.4) is 0 Å². The number of hydrogen-bond acceptors (Lipinski definition) is 7. The molecule has 0 saturated carbocycles. The molecule has 0 saturated heterocycles. The van der Waals surface area contributed by atoms with Crippen molar-refractivity contribution >= 4 is 27.6 Å². The monoisotopic (exact) mass is 444 g/mol. The number of methoxy groups -OCH3 is 1. The first kappa shape index (κ1) is 22.5. The Hall–Kier alpha value is -3.17. The maximum Gasteiger partial charge on any atom is 0.273 e. The van der Waals surface area contributed by atoms with Gasteiger partial charge in [0.1, 0.15) is 29.0 Å². The molecule has 1 atom stereocenters. The normalized spacial score (nSPS) is 14.1. The van der Waals surface area contributed by atoms with Crippen LogP contribution in [0, 0.1) is 0 Å². The van der Waals surface area contributed by atoms with Crippen LogP contribution in [0.15, 0.2) is 64.1 Å². The Labute approximate surface area is 181 Å². The quantitative estimate of drug-likeness (QED) is 0.634. The van der Waals surface area contributed by atoms with E-state index in [-0.39, 0.29) is 16.9 Å². The highest BCUT2D eigenvalue weighted by molar-refractivity contribution is 7.90. The fourth-order valence-electron chi connectivity index (χ4n) is 2.88. The number of nitrogens with one attached hydrogen (secondary N) is 1. The first-order chi connectivity index (χ1) is 14.7. The molecule has 0 radical (unpaired) electrons. The molecule has 3 rings (SSSR count). The van der Waals surface area contributed by atoms with Gasteiger partial charge in [-0.3, -0.25) is 9.79 Å². The Morgan fingerprint density at radius 1 is 1.13 bits per heavy atom. The first-order valence-electron chi connectivity index (χ1n) is 9.57. The summed E-state index contributed by atoms with van der Waals surface area (Å²) in [5.41, 5.74) is 0.816. The Morgan fingerprint density at radius 2 is 1.84 bits per heavy atom. The van der Waals surface area contributed by atoms with Crippen LogP contribution in [0.4, 0.5) is 5.69 Å². The molecule has 0 bridgehead atoms. The molecule has 1 heterocycles. The van der Waals surface area contributed by atoms with Crippen molar-refractivity contribution in [2.45, 2.75) is 24.3 Å². The SMILES string of the molecule is COC[C@H](C)Oc1cc(NC(=O)C2=CCC=N2)cc(Oc2ccc(S(C)(=O)=O)cc2)c1. The molecule has 164 valence electrons. The van der Waals surface area contributed by atoms with Gasteiger partial charge < -0.3 is 19.5 Å². The molecule has 2 aromatic rings. The van der Waals surface area contributed by atoms with Crippen molar-refractivity contribution < 1.29 is 27.4 Å². The summed E-state index contributed by atoms with van der Waals surface area (Å²) >= 11 is 0. The molecule has 9 heteroatoms. The molecular formula is C22H24N2O6S. The van der Waals surface area contributed by atoms with Crippen LogP contribution in [-0.2, 0) is 19.4 Å². The van der Waals surface area contributed by atoms with Crippen molar-refractivity contribution in [1.29, 1.82) is 0 Å². The molecule has 1 aliphatic heterocycles. The minimum atomic E-state index is -3.30. The van der Waals surface area contributed by atoms with Gasteiger partial charge >= 0.3 is 0 Å². The second-order valence-electron chi connectivity index (χ2n) is 7.01. The van der Waals surface area contributed by atoms with Gasteiger partial charge in [-0.15, -0.1) is 0 Å². The van der Waals surface area contributed by atoms with Crippen LogP contribution in [0.25, 0.3) is 0 Å². The van der Waals surface area contributed by atoms with Crippen molar-refractivity contribution in [2.24, 2.45) is 4.99 Å². The van der Waals surface area contributed by atoms with Crippen LogP contribution in [0.2, 0.25) is 0 Å². The van der Waals surface area contributed by atoms with Gasteiger partial charge in [0.15, 0.2) is 9.84 Å². The molecule has 1 aliphatic rings. The van der Waals surface area contributed by atoms with Gasteiger partial charge in [-0.05, 0) is 37.3 Å². The summed E-state index contributed by atoms with van der Waals surface area (Å²) in [5.74, 6) is 0.997. The van der Waals surface area contributed by atoms with Gasteiger partial charge in [0.25, 0.3) is 5.91 Å². The number of allylic oxidation sites excluding steroid dienone is 1. The maximum atomic E-state index is 12.4. The fraction of sp³-hybridized carbons (Fsp3) is 0.273. The standard InChI is InChI=1S/C22H24N2O6S/c1-15(14-28-2)29-18-11-16(24-22(25)21-5-4-10-23-21)12-19(13-18)30-17-6-8-20(9-7-17)31(3,26)27/h5-13,15H,4,14H2,1-3H3,(H,24,25)/t15-/m0/s1. The molecule has 0 spiro atoms. The minimum Gasteiger partial charge on any atom is -0.488 e. The number of ether oxygens (including phenoxy) is 3. The highest BCUT2D eigenvalue weighted by Gasteiger charge is 2.14. The molecule has 8 nitrogen and oxygen atoms in total. The van der Waals surface area contributed by atoms with Crippen molar-refractivity contribution in [3.63, 3.8) is 0 Å². The molecule has 1 N–H and O–H groups in total. The van der Waals surface area contributed by atoms with Crippen LogP contribution in [0.1, 0.15) is 13.3 Å². The van der Waals surface area contributed by atoms with Crippen molar-refractivity contribution in [1.82, 2.24) is 0 Å². The van der Waals surface area contributed by atoms with Gasteiger partial charge in [-0.1, -0.05) is 0 Å². The van der Waals surface area contributed by atoms with Crippen LogP contribution in [0.5, 0.6) is 17.2 Å². The summed E-state index contributed by atoms with van der Waals surface area (Å²) < 4.78 is 40.1. The van der Waals surface area contributed by atoms with E-state index in [1.165, 1.54) is 12.1 Å². The van der Waals surface area contributed by atoms with Gasteiger partial charge in [-0.2, -0.15) is 0 Å². The number of rotatable bonds is 9. The Kier molecular flexibility index (Phi) is 7.09. The number of sulfone groups is 1. The van der Waals surface area contributed by atoms with E-state index in [1.807, 2.05) is 6.92 Å². The minimum absolute atomic E-state index is 0.198. The molecule has 0 aliphatic carbocycles. The lowest BCUT2D eigenvalue weighted by Crippen LogP contribution is -2.18. The average Bonchev–Trinajstić information content (AvgIpc) is 3.22. The Balaban J connectivity index is 1.84. The van der Waals surface area contributed by atoms with E-state index in [1.54, 1.807) is 49.7 Å². The van der Waals surface area contributed by atoms with Gasteiger partial charge in [-0.25, -0.2) is 8.42 Å². The summed E-state index contributed by atoms with van der Waals surface area (Å²) in [7, 11) is -1.71. The van der Waals surface area contributed by atoms with Crippen LogP contribution in [-0.4, -0.2) is 46.6 Å². The lowest BCUT2D eigenvalue weighted by Gasteiger charge is -2.16. The predicted molar refractivity (Wildman–Crippen MR) is 118 cm³/mol. The molecule has 0 aromatic heterocycles. The molecule has 0 fully saturated rings. The largest absolute Gasteiger partial charge is 0.488 e. The number of carbonyl (C=O) groups is 1. The zero-order valence-corrected chi connectivity index (χ0v) is 18.3. The van der Waals surface area contributed by atoms with Crippen LogP contribution >= 0.6 is 0 Å². The summed E-state index contributed by atoms with van der Waals surface area (Å²) in [4.78, 5) is 16.6. The summed E-state index contributed by atoms with van der Waals surface area (Å²) in [6.07, 6.45) is 4.94. The number of benzene rings is 2. The number of nitrogens with zero attached hydrogens (tertiary/aromatic N) is 1. The average molecular weight is 445 g/mol. The van der Waals surface area contributed by atoms with Crippen molar-refractivity contribution in [3.05, 3.63) is 54.2 Å². The number of carbonyl (C=O) groups excluding carboxylic acids is 1. The lowest BCUT2D eigenvalue weighted by molar-refractivity contribution is -0.112. The van der Waals surface area contributed by atoms with Crippen molar-refractivity contribution in [2.75, 3.05) is 25.3 Å².